The molecule has 7 heteroatoms. The number of rotatable bonds is 3. The lowest BCUT2D eigenvalue weighted by atomic mass is 10.2. The summed E-state index contributed by atoms with van der Waals surface area (Å²) in [6.07, 6.45) is -3.50. The van der Waals surface area contributed by atoms with Crippen LogP contribution in [0.3, 0.4) is 0 Å². The van der Waals surface area contributed by atoms with Gasteiger partial charge in [-0.25, -0.2) is 8.78 Å². The molecule has 0 heterocycles. The number of halogens is 5. The van der Waals surface area contributed by atoms with Gasteiger partial charge in [-0.3, -0.25) is 0 Å². The fraction of sp³-hybridized carbons (Fsp3) is 0.0714. The molecule has 2 nitrogen and oxygen atoms in total. The van der Waals surface area contributed by atoms with E-state index in [2.05, 4.69) is 5.16 Å². The highest BCUT2D eigenvalue weighted by Crippen LogP contribution is 2.31. The van der Waals surface area contributed by atoms with E-state index in [0.717, 1.165) is 36.5 Å². The molecule has 0 aliphatic rings. The lowest BCUT2D eigenvalue weighted by molar-refractivity contribution is -0.137. The van der Waals surface area contributed by atoms with E-state index in [4.69, 9.17) is 4.84 Å². The maximum Gasteiger partial charge on any atom is 0.416 e. The zero-order valence-corrected chi connectivity index (χ0v) is 10.4. The highest BCUT2D eigenvalue weighted by atomic mass is 19.4. The molecule has 0 N–H and O–H groups in total. The Morgan fingerprint density at radius 3 is 2.24 bits per heavy atom. The van der Waals surface area contributed by atoms with Gasteiger partial charge in [0.2, 0.25) is 0 Å². The summed E-state index contributed by atoms with van der Waals surface area (Å²) in [7, 11) is 0. The van der Waals surface area contributed by atoms with E-state index in [1.807, 2.05) is 0 Å². The van der Waals surface area contributed by atoms with Crippen molar-refractivity contribution in [1.29, 1.82) is 0 Å². The Kier molecular flexibility index (Phi) is 4.21. The first-order valence-electron chi connectivity index (χ1n) is 5.68. The van der Waals surface area contributed by atoms with Gasteiger partial charge in [-0.05, 0) is 30.3 Å². The van der Waals surface area contributed by atoms with Crippen LogP contribution in [0.25, 0.3) is 0 Å². The normalized spacial score (nSPS) is 11.9. The molecule has 110 valence electrons. The zero-order chi connectivity index (χ0) is 15.5. The second-order valence-electron chi connectivity index (χ2n) is 4.05. The minimum absolute atomic E-state index is 0.0828. The van der Waals surface area contributed by atoms with Crippen molar-refractivity contribution in [1.82, 2.24) is 0 Å². The summed E-state index contributed by atoms with van der Waals surface area (Å²) < 4.78 is 63.2. The smallest absolute Gasteiger partial charge is 0.357 e. The molecule has 2 rings (SSSR count). The van der Waals surface area contributed by atoms with E-state index in [0.29, 0.717) is 6.07 Å². The molecular formula is C14H8F5NO. The molecule has 0 fully saturated rings. The van der Waals surface area contributed by atoms with Crippen molar-refractivity contribution < 1.29 is 26.8 Å². The van der Waals surface area contributed by atoms with E-state index in [1.54, 1.807) is 0 Å². The summed E-state index contributed by atoms with van der Waals surface area (Å²) in [5.41, 5.74) is -0.800. The van der Waals surface area contributed by atoms with Gasteiger partial charge in [-0.2, -0.15) is 13.2 Å². The second-order valence-corrected chi connectivity index (χ2v) is 4.05. The predicted molar refractivity (Wildman–Crippen MR) is 66.0 cm³/mol. The van der Waals surface area contributed by atoms with Gasteiger partial charge in [0.15, 0.2) is 5.75 Å². The van der Waals surface area contributed by atoms with Crippen molar-refractivity contribution in [2.45, 2.75) is 6.18 Å². The highest BCUT2D eigenvalue weighted by molar-refractivity contribution is 5.79. The molecule has 0 bridgehead atoms. The highest BCUT2D eigenvalue weighted by Gasteiger charge is 2.30. The summed E-state index contributed by atoms with van der Waals surface area (Å²) >= 11 is 0. The molecule has 0 amide bonds. The number of benzene rings is 2. The van der Waals surface area contributed by atoms with E-state index >= 15 is 0 Å². The Hall–Kier alpha value is -2.44. The van der Waals surface area contributed by atoms with E-state index in [-0.39, 0.29) is 11.3 Å². The van der Waals surface area contributed by atoms with E-state index < -0.39 is 23.4 Å². The van der Waals surface area contributed by atoms with Crippen LogP contribution in [0.2, 0.25) is 0 Å². The van der Waals surface area contributed by atoms with Crippen molar-refractivity contribution in [3.63, 3.8) is 0 Å². The third-order valence-electron chi connectivity index (χ3n) is 2.41. The first-order valence-corrected chi connectivity index (χ1v) is 5.68. The van der Waals surface area contributed by atoms with Crippen LogP contribution in [0.5, 0.6) is 5.75 Å². The Bertz CT molecular complexity index is 646. The average Bonchev–Trinajstić information content (AvgIpc) is 2.37. The fourth-order valence-electron chi connectivity index (χ4n) is 1.53. The van der Waals surface area contributed by atoms with Crippen LogP contribution in [0, 0.1) is 11.6 Å². The fourth-order valence-corrected chi connectivity index (χ4v) is 1.53. The third-order valence-corrected chi connectivity index (χ3v) is 2.41. The lowest BCUT2D eigenvalue weighted by Gasteiger charge is -2.07. The van der Waals surface area contributed by atoms with Crippen LogP contribution in [-0.4, -0.2) is 6.21 Å². The first-order chi connectivity index (χ1) is 9.84. The molecule has 0 aliphatic carbocycles. The maximum atomic E-state index is 12.9. The lowest BCUT2D eigenvalue weighted by Crippen LogP contribution is -2.04. The van der Waals surface area contributed by atoms with Crippen molar-refractivity contribution in [2.24, 2.45) is 5.16 Å². The summed E-state index contributed by atoms with van der Waals surface area (Å²) in [6, 6.07) is 6.78. The predicted octanol–water partition coefficient (Wildman–Crippen LogP) is 4.40. The molecule has 0 saturated heterocycles. The maximum absolute atomic E-state index is 12.9. The van der Waals surface area contributed by atoms with Gasteiger partial charge >= 0.3 is 6.18 Å². The van der Waals surface area contributed by atoms with Crippen LogP contribution in [0.1, 0.15) is 11.1 Å². The average molecular weight is 301 g/mol. The van der Waals surface area contributed by atoms with Crippen LogP contribution in [0.4, 0.5) is 22.0 Å². The van der Waals surface area contributed by atoms with Crippen LogP contribution in [-0.2, 0) is 6.18 Å². The molecule has 0 radical (unpaired) electrons. The van der Waals surface area contributed by atoms with Crippen LogP contribution >= 0.6 is 0 Å². The standard InChI is InChI=1S/C14H8F5NO/c15-11-4-9(5-12(16)7-11)8-20-21-13-3-1-2-10(6-13)14(17,18)19/h1-8H/b20-8+. The zero-order valence-electron chi connectivity index (χ0n) is 10.4. The number of hydrogen-bond donors (Lipinski definition) is 0. The van der Waals surface area contributed by atoms with Crippen molar-refractivity contribution in [3.8, 4) is 5.75 Å². The molecule has 0 spiro atoms. The van der Waals surface area contributed by atoms with Gasteiger partial charge < -0.3 is 4.84 Å². The second kappa shape index (κ2) is 5.90. The summed E-state index contributed by atoms with van der Waals surface area (Å²) in [6.45, 7) is 0. The molecule has 2 aromatic rings. The number of hydrogen-bond acceptors (Lipinski definition) is 2. The molecule has 0 saturated carbocycles. The number of oxime groups is 1. The molecule has 0 unspecified atom stereocenters. The van der Waals surface area contributed by atoms with Crippen molar-refractivity contribution >= 4 is 6.21 Å². The molecule has 0 atom stereocenters. The Morgan fingerprint density at radius 2 is 1.62 bits per heavy atom. The van der Waals surface area contributed by atoms with Crippen LogP contribution in [0.15, 0.2) is 47.6 Å². The minimum atomic E-state index is -4.49. The van der Waals surface area contributed by atoms with E-state index in [1.165, 1.54) is 6.07 Å². The van der Waals surface area contributed by atoms with Crippen molar-refractivity contribution in [2.75, 3.05) is 0 Å². The van der Waals surface area contributed by atoms with Gasteiger partial charge in [0.25, 0.3) is 0 Å². The number of alkyl halides is 3. The van der Waals surface area contributed by atoms with Crippen molar-refractivity contribution in [3.05, 3.63) is 65.2 Å². The summed E-state index contributed by atoms with van der Waals surface area (Å²) in [5, 5.41) is 3.39. The Labute approximate surface area is 116 Å². The minimum Gasteiger partial charge on any atom is -0.357 e. The van der Waals surface area contributed by atoms with Gasteiger partial charge in [0, 0.05) is 11.6 Å². The molecule has 21 heavy (non-hydrogen) atoms. The Morgan fingerprint density at radius 1 is 0.952 bits per heavy atom. The van der Waals surface area contributed by atoms with Gasteiger partial charge in [-0.15, -0.1) is 0 Å². The number of nitrogens with zero attached hydrogens (tertiary/aromatic N) is 1. The van der Waals surface area contributed by atoms with Gasteiger partial charge in [0.1, 0.15) is 11.6 Å². The first kappa shape index (κ1) is 15.0. The molecule has 0 aromatic heterocycles. The topological polar surface area (TPSA) is 21.6 Å². The Balaban J connectivity index is 2.11. The summed E-state index contributed by atoms with van der Waals surface area (Å²) in [5.74, 6) is -1.73. The quantitative estimate of drug-likeness (QED) is 0.468. The largest absolute Gasteiger partial charge is 0.416 e. The summed E-state index contributed by atoms with van der Waals surface area (Å²) in [4.78, 5) is 4.75. The molecule has 0 aliphatic heterocycles. The SMILES string of the molecule is Fc1cc(F)cc(/C=N/Oc2cccc(C(F)(F)F)c2)c1. The monoisotopic (exact) mass is 301 g/mol. The third kappa shape index (κ3) is 4.27. The molecule has 2 aromatic carbocycles. The molecular weight excluding hydrogens is 293 g/mol. The van der Waals surface area contributed by atoms with Gasteiger partial charge in [-0.1, -0.05) is 11.2 Å². The van der Waals surface area contributed by atoms with Crippen LogP contribution < -0.4 is 4.84 Å². The van der Waals surface area contributed by atoms with Gasteiger partial charge in [0.05, 0.1) is 11.8 Å². The van der Waals surface area contributed by atoms with E-state index in [9.17, 15) is 22.0 Å².